The van der Waals surface area contributed by atoms with Gasteiger partial charge >= 0.3 is 12.0 Å². The average molecular weight is 502 g/mol. The molecule has 0 saturated heterocycles. The molecule has 1 aliphatic rings. The van der Waals surface area contributed by atoms with E-state index in [1.807, 2.05) is 56.3 Å². The Labute approximate surface area is 216 Å². The molecule has 3 aromatic rings. The normalized spacial score (nSPS) is 13.0. The van der Waals surface area contributed by atoms with Crippen LogP contribution in [-0.2, 0) is 22.4 Å². The molecule has 0 saturated carbocycles. The topological polar surface area (TPSA) is 108 Å². The zero-order valence-corrected chi connectivity index (χ0v) is 21.2. The van der Waals surface area contributed by atoms with Crippen LogP contribution in [0.2, 0.25) is 0 Å². The number of carboxylic acids is 1. The molecule has 1 aliphatic heterocycles. The van der Waals surface area contributed by atoms with Gasteiger partial charge in [0, 0.05) is 17.9 Å². The van der Waals surface area contributed by atoms with Crippen LogP contribution < -0.4 is 20.3 Å². The molecular formula is C29H31N3O5. The summed E-state index contributed by atoms with van der Waals surface area (Å²) >= 11 is 0. The summed E-state index contributed by atoms with van der Waals surface area (Å²) in [5.41, 5.74) is 5.83. The van der Waals surface area contributed by atoms with E-state index in [1.165, 1.54) is 7.11 Å². The molecule has 4 rings (SSSR count). The first-order valence-corrected chi connectivity index (χ1v) is 12.2. The summed E-state index contributed by atoms with van der Waals surface area (Å²) in [6.45, 7) is 4.40. The first-order chi connectivity index (χ1) is 17.7. The first-order valence-electron chi connectivity index (χ1n) is 12.2. The Morgan fingerprint density at radius 3 is 2.51 bits per heavy atom. The average Bonchev–Trinajstić information content (AvgIpc) is 3.29. The number of rotatable bonds is 8. The number of urea groups is 1. The summed E-state index contributed by atoms with van der Waals surface area (Å²) in [5.74, 6) is -0.492. The molecule has 8 heteroatoms. The van der Waals surface area contributed by atoms with E-state index in [-0.39, 0.29) is 30.7 Å². The minimum absolute atomic E-state index is 0.0369. The van der Waals surface area contributed by atoms with Gasteiger partial charge in [-0.15, -0.1) is 0 Å². The second-order valence-electron chi connectivity index (χ2n) is 9.29. The monoisotopic (exact) mass is 501 g/mol. The van der Waals surface area contributed by atoms with E-state index in [4.69, 9.17) is 9.84 Å². The molecule has 0 aromatic heterocycles. The smallest absolute Gasteiger partial charge is 0.323 e. The molecule has 3 aromatic carbocycles. The van der Waals surface area contributed by atoms with Crippen molar-refractivity contribution in [2.24, 2.45) is 0 Å². The second kappa shape index (κ2) is 11.2. The maximum atomic E-state index is 13.2. The number of carbonyl (C=O) groups excluding carboxylic acids is 2. The molecule has 1 heterocycles. The highest BCUT2D eigenvalue weighted by Gasteiger charge is 2.26. The van der Waals surface area contributed by atoms with E-state index in [9.17, 15) is 14.4 Å². The molecule has 192 valence electrons. The number of aliphatic carboxylic acids is 1. The molecular weight excluding hydrogens is 470 g/mol. The fourth-order valence-corrected chi connectivity index (χ4v) is 4.57. The number of para-hydroxylation sites is 1. The van der Waals surface area contributed by atoms with Gasteiger partial charge in [-0.2, -0.15) is 0 Å². The van der Waals surface area contributed by atoms with Crippen molar-refractivity contribution in [1.82, 2.24) is 0 Å². The Morgan fingerprint density at radius 2 is 1.78 bits per heavy atom. The van der Waals surface area contributed by atoms with Crippen molar-refractivity contribution in [3.8, 4) is 5.75 Å². The number of nitrogens with one attached hydrogen (secondary N) is 2. The van der Waals surface area contributed by atoms with Crippen molar-refractivity contribution in [3.63, 3.8) is 0 Å². The minimum Gasteiger partial charge on any atom is -0.495 e. The maximum absolute atomic E-state index is 13.2. The van der Waals surface area contributed by atoms with Crippen molar-refractivity contribution in [1.29, 1.82) is 0 Å². The lowest BCUT2D eigenvalue weighted by Crippen LogP contribution is -2.30. The Morgan fingerprint density at radius 1 is 1.03 bits per heavy atom. The van der Waals surface area contributed by atoms with Gasteiger partial charge in [0.25, 0.3) is 0 Å². The third-order valence-corrected chi connectivity index (χ3v) is 6.61. The number of nitrogens with zero attached hydrogens (tertiary/aromatic N) is 1. The van der Waals surface area contributed by atoms with Gasteiger partial charge in [-0.1, -0.05) is 43.3 Å². The molecule has 0 aliphatic carbocycles. The number of carboxylic acid groups (broad SMARTS) is 1. The van der Waals surface area contributed by atoms with Crippen LogP contribution >= 0.6 is 0 Å². The van der Waals surface area contributed by atoms with Crippen LogP contribution in [0.3, 0.4) is 0 Å². The minimum atomic E-state index is -0.826. The van der Waals surface area contributed by atoms with Gasteiger partial charge in [0.15, 0.2) is 0 Å². The second-order valence-corrected chi connectivity index (χ2v) is 9.29. The number of ether oxygens (including phenoxy) is 1. The van der Waals surface area contributed by atoms with Gasteiger partial charge in [0.1, 0.15) is 5.75 Å². The third kappa shape index (κ3) is 6.09. The van der Waals surface area contributed by atoms with Crippen molar-refractivity contribution in [2.75, 3.05) is 29.2 Å². The molecule has 0 spiro atoms. The number of carbonyl (C=O) groups is 3. The van der Waals surface area contributed by atoms with Gasteiger partial charge in [0.05, 0.1) is 25.6 Å². The quantitative estimate of drug-likeness (QED) is 0.385. The summed E-state index contributed by atoms with van der Waals surface area (Å²) in [5, 5.41) is 14.7. The van der Waals surface area contributed by atoms with Crippen LogP contribution in [0.15, 0.2) is 60.7 Å². The van der Waals surface area contributed by atoms with Crippen LogP contribution in [0.25, 0.3) is 0 Å². The zero-order chi connectivity index (χ0) is 26.5. The summed E-state index contributed by atoms with van der Waals surface area (Å²) in [6, 6.07) is 18.2. The van der Waals surface area contributed by atoms with Crippen molar-refractivity contribution in [3.05, 3.63) is 82.9 Å². The highest BCUT2D eigenvalue weighted by atomic mass is 16.5. The van der Waals surface area contributed by atoms with Crippen molar-refractivity contribution >= 4 is 35.0 Å². The molecule has 0 fully saturated rings. The van der Waals surface area contributed by atoms with Crippen LogP contribution in [0.4, 0.5) is 21.9 Å². The molecule has 0 radical (unpaired) electrons. The lowest BCUT2D eigenvalue weighted by Gasteiger charge is -2.19. The van der Waals surface area contributed by atoms with Crippen LogP contribution in [0.5, 0.6) is 5.75 Å². The van der Waals surface area contributed by atoms with Crippen LogP contribution in [-0.4, -0.2) is 36.7 Å². The highest BCUT2D eigenvalue weighted by Crippen LogP contribution is 2.33. The number of anilines is 3. The van der Waals surface area contributed by atoms with Crippen molar-refractivity contribution < 1.29 is 24.2 Å². The Kier molecular flexibility index (Phi) is 7.77. The molecule has 8 nitrogen and oxygen atoms in total. The SMILES string of the molecule is COc1cc(CC(=O)N2CCc3cc([C@@H](C)CC(=O)O)ccc32)ccc1NC(=O)Nc1ccccc1C. The van der Waals surface area contributed by atoms with E-state index < -0.39 is 5.97 Å². The summed E-state index contributed by atoms with van der Waals surface area (Å²) in [7, 11) is 1.52. The summed E-state index contributed by atoms with van der Waals surface area (Å²) in [4.78, 5) is 38.5. The Hall–Kier alpha value is -4.33. The van der Waals surface area contributed by atoms with E-state index in [0.29, 0.717) is 18.0 Å². The fourth-order valence-electron chi connectivity index (χ4n) is 4.57. The van der Waals surface area contributed by atoms with Gasteiger partial charge in [0.2, 0.25) is 5.91 Å². The molecule has 1 atom stereocenters. The Balaban J connectivity index is 1.42. The fraction of sp³-hybridized carbons (Fsp3) is 0.276. The number of hydrogen-bond acceptors (Lipinski definition) is 4. The number of aryl methyl sites for hydroxylation is 1. The number of benzene rings is 3. The maximum Gasteiger partial charge on any atom is 0.323 e. The van der Waals surface area contributed by atoms with Gasteiger partial charge < -0.3 is 25.4 Å². The standard InChI is InChI=1S/C29H31N3O5/c1-18-6-4-5-7-23(18)30-29(36)31-24-10-8-20(15-26(24)37-3)16-27(33)32-13-12-22-17-21(9-11-25(22)32)19(2)14-28(34)35/h4-11,15,17,19H,12-14,16H2,1-3H3,(H,34,35)(H2,30,31,36)/t19-/m0/s1. The molecule has 3 N–H and O–H groups in total. The molecule has 0 unspecified atom stereocenters. The highest BCUT2D eigenvalue weighted by molar-refractivity contribution is 6.01. The van der Waals surface area contributed by atoms with E-state index in [2.05, 4.69) is 10.6 Å². The number of hydrogen-bond donors (Lipinski definition) is 3. The summed E-state index contributed by atoms with van der Waals surface area (Å²) < 4.78 is 5.48. The largest absolute Gasteiger partial charge is 0.495 e. The van der Waals surface area contributed by atoms with Crippen molar-refractivity contribution in [2.45, 2.75) is 39.0 Å². The number of methoxy groups -OCH3 is 1. The third-order valence-electron chi connectivity index (χ3n) is 6.61. The van der Waals surface area contributed by atoms with Gasteiger partial charge in [-0.05, 0) is 65.8 Å². The predicted octanol–water partition coefficient (Wildman–Crippen LogP) is 5.36. The molecule has 37 heavy (non-hydrogen) atoms. The lowest BCUT2D eigenvalue weighted by molar-refractivity contribution is -0.137. The number of fused-ring (bicyclic) bond motifs is 1. The van der Waals surface area contributed by atoms with Gasteiger partial charge in [-0.25, -0.2) is 4.79 Å². The molecule has 3 amide bonds. The van der Waals surface area contributed by atoms with Crippen LogP contribution in [0.1, 0.15) is 41.5 Å². The predicted molar refractivity (Wildman–Crippen MR) is 144 cm³/mol. The van der Waals surface area contributed by atoms with E-state index in [1.54, 1.807) is 23.1 Å². The first kappa shape index (κ1) is 25.8. The van der Waals surface area contributed by atoms with Crippen LogP contribution in [0, 0.1) is 6.92 Å². The summed E-state index contributed by atoms with van der Waals surface area (Å²) in [6.07, 6.45) is 0.987. The zero-order valence-electron chi connectivity index (χ0n) is 21.2. The van der Waals surface area contributed by atoms with Gasteiger partial charge in [-0.3, -0.25) is 9.59 Å². The van der Waals surface area contributed by atoms with E-state index >= 15 is 0 Å². The molecule has 0 bridgehead atoms. The number of amides is 3. The lowest BCUT2D eigenvalue weighted by atomic mass is 9.95. The van der Waals surface area contributed by atoms with E-state index in [0.717, 1.165) is 40.0 Å². The Bertz CT molecular complexity index is 1340.